The summed E-state index contributed by atoms with van der Waals surface area (Å²) in [6.07, 6.45) is 1.44. The van der Waals surface area contributed by atoms with Crippen molar-refractivity contribution in [3.8, 4) is 0 Å². The van der Waals surface area contributed by atoms with Gasteiger partial charge >= 0.3 is 6.03 Å². The van der Waals surface area contributed by atoms with E-state index in [1.807, 2.05) is 5.43 Å². The summed E-state index contributed by atoms with van der Waals surface area (Å²) in [5, 5.41) is 3.32. The number of rotatable bonds is 1. The molecule has 40 valence electrons. The van der Waals surface area contributed by atoms with Crippen molar-refractivity contribution in [3.05, 3.63) is 0 Å². The van der Waals surface area contributed by atoms with Gasteiger partial charge in [-0.2, -0.15) is 5.10 Å². The molecular weight excluding hydrogens is 94.1 g/mol. The third kappa shape index (κ3) is 4.94. The Morgan fingerprint density at radius 3 is 2.71 bits per heavy atom. The lowest BCUT2D eigenvalue weighted by atomic mass is 10.9. The molecule has 2 amide bonds. The second kappa shape index (κ2) is 3.14. The quantitative estimate of drug-likeness (QED) is 0.344. The molecule has 0 fully saturated rings. The monoisotopic (exact) mass is 101 g/mol. The summed E-state index contributed by atoms with van der Waals surface area (Å²) in [6.45, 7) is 1.68. The van der Waals surface area contributed by atoms with Crippen LogP contribution in [0.25, 0.3) is 0 Å². The minimum Gasteiger partial charge on any atom is -0.350 e. The molecule has 4 nitrogen and oxygen atoms in total. The molecule has 0 bridgehead atoms. The Morgan fingerprint density at radius 1 is 2.00 bits per heavy atom. The zero-order valence-electron chi connectivity index (χ0n) is 4.01. The third-order valence-electron chi connectivity index (χ3n) is 0.304. The fraction of sp³-hybridized carbons (Fsp3) is 0.333. The summed E-state index contributed by atoms with van der Waals surface area (Å²) < 4.78 is 0. The number of primary amides is 1. The predicted octanol–water partition coefficient (Wildman–Crippen LogP) is -0.340. The largest absolute Gasteiger partial charge is 0.350 e. The lowest BCUT2D eigenvalue weighted by Gasteiger charge is -1.84. The van der Waals surface area contributed by atoms with Crippen molar-refractivity contribution >= 4 is 12.2 Å². The first-order chi connectivity index (χ1) is 3.27. The third-order valence-corrected chi connectivity index (χ3v) is 0.304. The molecule has 0 radical (unpaired) electrons. The van der Waals surface area contributed by atoms with Crippen molar-refractivity contribution in [3.63, 3.8) is 0 Å². The van der Waals surface area contributed by atoms with Gasteiger partial charge < -0.3 is 5.73 Å². The van der Waals surface area contributed by atoms with E-state index in [2.05, 4.69) is 10.8 Å². The maximum Gasteiger partial charge on any atom is 0.332 e. The fourth-order valence-electron chi connectivity index (χ4n) is 0.128. The highest BCUT2D eigenvalue weighted by atomic mass is 16.2. The van der Waals surface area contributed by atoms with E-state index in [4.69, 9.17) is 0 Å². The molecule has 0 heterocycles. The molecule has 0 aromatic carbocycles. The Hall–Kier alpha value is -1.06. The topological polar surface area (TPSA) is 67.5 Å². The van der Waals surface area contributed by atoms with Crippen LogP contribution in [-0.2, 0) is 0 Å². The molecule has 0 unspecified atom stereocenters. The van der Waals surface area contributed by atoms with Gasteiger partial charge in [0, 0.05) is 6.21 Å². The summed E-state index contributed by atoms with van der Waals surface area (Å²) >= 11 is 0. The SMILES string of the molecule is C/C=N/NC(N)=O. The molecule has 0 aromatic rings. The zero-order chi connectivity index (χ0) is 5.70. The first kappa shape index (κ1) is 5.94. The van der Waals surface area contributed by atoms with Gasteiger partial charge in [-0.15, -0.1) is 0 Å². The predicted molar refractivity (Wildman–Crippen MR) is 26.9 cm³/mol. The smallest absolute Gasteiger partial charge is 0.332 e. The summed E-state index contributed by atoms with van der Waals surface area (Å²) in [6, 6.07) is -0.641. The van der Waals surface area contributed by atoms with E-state index in [0.29, 0.717) is 0 Å². The Kier molecular flexibility index (Phi) is 2.67. The lowest BCUT2D eigenvalue weighted by molar-refractivity contribution is 0.249. The maximum absolute atomic E-state index is 9.76. The van der Waals surface area contributed by atoms with Gasteiger partial charge in [-0.3, -0.25) is 0 Å². The molecule has 3 N–H and O–H groups in total. The van der Waals surface area contributed by atoms with Crippen LogP contribution in [-0.4, -0.2) is 12.2 Å². The van der Waals surface area contributed by atoms with E-state index in [1.54, 1.807) is 6.92 Å². The average molecular weight is 101 g/mol. The molecular formula is C3H7N3O. The van der Waals surface area contributed by atoms with Gasteiger partial charge in [-0.1, -0.05) is 0 Å². The first-order valence-electron chi connectivity index (χ1n) is 1.80. The van der Waals surface area contributed by atoms with Crippen LogP contribution >= 0.6 is 0 Å². The summed E-state index contributed by atoms with van der Waals surface area (Å²) in [4.78, 5) is 9.76. The van der Waals surface area contributed by atoms with E-state index < -0.39 is 6.03 Å². The van der Waals surface area contributed by atoms with E-state index in [0.717, 1.165) is 0 Å². The molecule has 0 rings (SSSR count). The van der Waals surface area contributed by atoms with Gasteiger partial charge in [0.25, 0.3) is 0 Å². The average Bonchev–Trinajstić information content (AvgIpc) is 1.61. The number of hydrazone groups is 1. The van der Waals surface area contributed by atoms with Crippen molar-refractivity contribution in [2.24, 2.45) is 10.8 Å². The van der Waals surface area contributed by atoms with Gasteiger partial charge in [0.2, 0.25) is 0 Å². The van der Waals surface area contributed by atoms with Crippen LogP contribution < -0.4 is 11.2 Å². The second-order valence-electron chi connectivity index (χ2n) is 0.863. The molecule has 0 aliphatic carbocycles. The molecule has 0 saturated carbocycles. The number of hydrogen-bond donors (Lipinski definition) is 2. The number of nitrogens with one attached hydrogen (secondary N) is 1. The van der Waals surface area contributed by atoms with Crippen LogP contribution in [0.4, 0.5) is 4.79 Å². The molecule has 0 aliphatic heterocycles. The molecule has 0 spiro atoms. The Labute approximate surface area is 41.4 Å². The van der Waals surface area contributed by atoms with Gasteiger partial charge in [-0.25, -0.2) is 10.2 Å². The minimum atomic E-state index is -0.641. The second-order valence-corrected chi connectivity index (χ2v) is 0.863. The van der Waals surface area contributed by atoms with Crippen molar-refractivity contribution in [2.75, 3.05) is 0 Å². The zero-order valence-corrected chi connectivity index (χ0v) is 4.01. The summed E-state index contributed by atoms with van der Waals surface area (Å²) in [7, 11) is 0. The summed E-state index contributed by atoms with van der Waals surface area (Å²) in [5.41, 5.74) is 6.62. The standard InChI is InChI=1S/C3H7N3O/c1-2-5-6-3(4)7/h2H,1H3,(H3,4,6,7)/b5-2+. The van der Waals surface area contributed by atoms with E-state index in [9.17, 15) is 4.79 Å². The Bertz CT molecular complexity index is 88.2. The van der Waals surface area contributed by atoms with Crippen molar-refractivity contribution < 1.29 is 4.79 Å². The van der Waals surface area contributed by atoms with Crippen LogP contribution in [0.3, 0.4) is 0 Å². The summed E-state index contributed by atoms with van der Waals surface area (Å²) in [5.74, 6) is 0. The van der Waals surface area contributed by atoms with Gasteiger partial charge in [-0.05, 0) is 6.92 Å². The number of carbonyl (C=O) groups is 1. The molecule has 0 aliphatic rings. The maximum atomic E-state index is 9.76. The van der Waals surface area contributed by atoms with E-state index >= 15 is 0 Å². The van der Waals surface area contributed by atoms with Gasteiger partial charge in [0.05, 0.1) is 0 Å². The normalized spacial score (nSPS) is 9.29. The highest BCUT2D eigenvalue weighted by Crippen LogP contribution is 1.52. The van der Waals surface area contributed by atoms with Crippen LogP contribution in [0.15, 0.2) is 5.10 Å². The lowest BCUT2D eigenvalue weighted by Crippen LogP contribution is -2.24. The number of urea groups is 1. The van der Waals surface area contributed by atoms with Crippen molar-refractivity contribution in [1.29, 1.82) is 0 Å². The molecule has 0 aromatic heterocycles. The highest BCUT2D eigenvalue weighted by molar-refractivity contribution is 5.72. The minimum absolute atomic E-state index is 0.641. The molecule has 0 atom stereocenters. The number of carbonyl (C=O) groups excluding carboxylic acids is 1. The molecule has 0 saturated heterocycles. The van der Waals surface area contributed by atoms with Crippen LogP contribution in [0.1, 0.15) is 6.92 Å². The molecule has 4 heteroatoms. The fourth-order valence-corrected chi connectivity index (χ4v) is 0.128. The molecule has 7 heavy (non-hydrogen) atoms. The number of hydrogen-bond acceptors (Lipinski definition) is 2. The van der Waals surface area contributed by atoms with E-state index in [-0.39, 0.29) is 0 Å². The highest BCUT2D eigenvalue weighted by Gasteiger charge is 1.78. The van der Waals surface area contributed by atoms with Crippen LogP contribution in [0, 0.1) is 0 Å². The van der Waals surface area contributed by atoms with Gasteiger partial charge in [0.15, 0.2) is 0 Å². The van der Waals surface area contributed by atoms with Crippen molar-refractivity contribution in [2.45, 2.75) is 6.92 Å². The Balaban J connectivity index is 3.14. The first-order valence-corrected chi connectivity index (χ1v) is 1.80. The number of nitrogens with zero attached hydrogens (tertiary/aromatic N) is 1. The Morgan fingerprint density at radius 2 is 2.57 bits per heavy atom. The van der Waals surface area contributed by atoms with E-state index in [1.165, 1.54) is 6.21 Å². The number of nitrogens with two attached hydrogens (primary N) is 1. The number of amides is 2. The van der Waals surface area contributed by atoms with Crippen molar-refractivity contribution in [1.82, 2.24) is 5.43 Å². The van der Waals surface area contributed by atoms with Gasteiger partial charge in [0.1, 0.15) is 0 Å². The van der Waals surface area contributed by atoms with Crippen LogP contribution in [0.2, 0.25) is 0 Å². The van der Waals surface area contributed by atoms with Crippen LogP contribution in [0.5, 0.6) is 0 Å².